The molecular weight excluding hydrogens is 338 g/mol. The number of rotatable bonds is 7. The minimum Gasteiger partial charge on any atom is -0.493 e. The van der Waals surface area contributed by atoms with Crippen molar-refractivity contribution in [1.82, 2.24) is 5.32 Å². The number of carbonyl (C=O) groups excluding carboxylic acids is 1. The molecule has 1 unspecified atom stereocenters. The third-order valence-electron chi connectivity index (χ3n) is 5.50. The Morgan fingerprint density at radius 1 is 1.04 bits per heavy atom. The van der Waals surface area contributed by atoms with Crippen LogP contribution in [-0.4, -0.2) is 32.1 Å². The number of hydrogen-bond acceptors (Lipinski definition) is 4. The smallest absolute Gasteiger partial charge is 0.194 e. The van der Waals surface area contributed by atoms with Crippen LogP contribution in [0, 0.1) is 5.92 Å². The molecule has 0 aromatic heterocycles. The lowest BCUT2D eigenvalue weighted by Gasteiger charge is -2.22. The Morgan fingerprint density at radius 2 is 1.74 bits per heavy atom. The van der Waals surface area contributed by atoms with E-state index < -0.39 is 0 Å². The quantitative estimate of drug-likeness (QED) is 0.628. The maximum Gasteiger partial charge on any atom is 0.194 e. The van der Waals surface area contributed by atoms with Gasteiger partial charge in [-0.15, -0.1) is 0 Å². The van der Waals surface area contributed by atoms with E-state index in [4.69, 9.17) is 9.47 Å². The highest BCUT2D eigenvalue weighted by atomic mass is 16.5. The first-order valence-corrected chi connectivity index (χ1v) is 10.1. The van der Waals surface area contributed by atoms with E-state index in [-0.39, 0.29) is 5.78 Å². The summed E-state index contributed by atoms with van der Waals surface area (Å²) >= 11 is 0. The Labute approximate surface area is 160 Å². The molecule has 4 rings (SSSR count). The predicted molar refractivity (Wildman–Crippen MR) is 107 cm³/mol. The number of fused-ring (bicyclic) bond motifs is 3. The van der Waals surface area contributed by atoms with Crippen molar-refractivity contribution in [2.75, 3.05) is 26.3 Å². The maximum absolute atomic E-state index is 12.8. The number of hydrogen-bond donors (Lipinski definition) is 1. The monoisotopic (exact) mass is 365 g/mol. The first-order chi connectivity index (χ1) is 13.3. The summed E-state index contributed by atoms with van der Waals surface area (Å²) in [4.78, 5) is 12.8. The SMILES string of the molecule is CCOc1cccc2c1-c1c(OCCCC3CCCNC3)cccc1C2=O. The van der Waals surface area contributed by atoms with Crippen LogP contribution in [0.1, 0.15) is 48.5 Å². The Hall–Kier alpha value is -2.33. The number of carbonyl (C=O) groups is 1. The van der Waals surface area contributed by atoms with Gasteiger partial charge in [0.05, 0.1) is 13.2 Å². The average Bonchev–Trinajstić information content (AvgIpc) is 3.01. The molecule has 1 heterocycles. The lowest BCUT2D eigenvalue weighted by molar-refractivity contribution is 0.104. The van der Waals surface area contributed by atoms with Gasteiger partial charge in [-0.1, -0.05) is 24.3 Å². The van der Waals surface area contributed by atoms with E-state index in [1.165, 1.54) is 19.3 Å². The Kier molecular flexibility index (Phi) is 5.44. The predicted octanol–water partition coefficient (Wildman–Crippen LogP) is 4.46. The summed E-state index contributed by atoms with van der Waals surface area (Å²) in [5.74, 6) is 2.36. The van der Waals surface area contributed by atoms with Crippen LogP contribution in [0.5, 0.6) is 11.5 Å². The molecule has 1 aliphatic carbocycles. The largest absolute Gasteiger partial charge is 0.493 e. The summed E-state index contributed by atoms with van der Waals surface area (Å²) in [7, 11) is 0. The van der Waals surface area contributed by atoms with E-state index in [0.717, 1.165) is 48.1 Å². The van der Waals surface area contributed by atoms with Crippen molar-refractivity contribution < 1.29 is 14.3 Å². The van der Waals surface area contributed by atoms with E-state index in [2.05, 4.69) is 5.32 Å². The molecule has 2 aromatic rings. The van der Waals surface area contributed by atoms with Gasteiger partial charge in [-0.2, -0.15) is 0 Å². The summed E-state index contributed by atoms with van der Waals surface area (Å²) in [6, 6.07) is 11.4. The Balaban J connectivity index is 1.52. The second-order valence-corrected chi connectivity index (χ2v) is 7.32. The lowest BCUT2D eigenvalue weighted by Crippen LogP contribution is -2.29. The topological polar surface area (TPSA) is 47.6 Å². The van der Waals surface area contributed by atoms with Gasteiger partial charge in [-0.05, 0) is 63.7 Å². The van der Waals surface area contributed by atoms with Crippen LogP contribution in [0.15, 0.2) is 36.4 Å². The zero-order chi connectivity index (χ0) is 18.6. The molecule has 4 heteroatoms. The summed E-state index contributed by atoms with van der Waals surface area (Å²) < 4.78 is 11.9. The van der Waals surface area contributed by atoms with Crippen LogP contribution in [0.25, 0.3) is 11.1 Å². The number of ketones is 1. The van der Waals surface area contributed by atoms with Crippen molar-refractivity contribution in [2.45, 2.75) is 32.6 Å². The van der Waals surface area contributed by atoms with Crippen molar-refractivity contribution >= 4 is 5.78 Å². The summed E-state index contributed by atoms with van der Waals surface area (Å²) in [5, 5.41) is 3.47. The lowest BCUT2D eigenvalue weighted by atomic mass is 9.95. The summed E-state index contributed by atoms with van der Waals surface area (Å²) in [5.41, 5.74) is 3.19. The molecule has 1 fully saturated rings. The number of ether oxygens (including phenoxy) is 2. The first-order valence-electron chi connectivity index (χ1n) is 10.1. The Bertz CT molecular complexity index is 824. The van der Waals surface area contributed by atoms with Crippen LogP contribution in [0.2, 0.25) is 0 Å². The van der Waals surface area contributed by atoms with Crippen LogP contribution >= 0.6 is 0 Å². The van der Waals surface area contributed by atoms with Gasteiger partial charge < -0.3 is 14.8 Å². The molecule has 0 spiro atoms. The van der Waals surface area contributed by atoms with Crippen LogP contribution in [0.4, 0.5) is 0 Å². The van der Waals surface area contributed by atoms with Gasteiger partial charge in [-0.3, -0.25) is 4.79 Å². The van der Waals surface area contributed by atoms with Crippen LogP contribution in [0.3, 0.4) is 0 Å². The fraction of sp³-hybridized carbons (Fsp3) is 0.435. The third kappa shape index (κ3) is 3.59. The molecule has 0 radical (unpaired) electrons. The van der Waals surface area contributed by atoms with Crippen molar-refractivity contribution in [3.8, 4) is 22.6 Å². The number of nitrogens with one attached hydrogen (secondary N) is 1. The average molecular weight is 365 g/mol. The highest BCUT2D eigenvalue weighted by molar-refractivity contribution is 6.23. The minimum atomic E-state index is 0.0558. The molecule has 142 valence electrons. The van der Waals surface area contributed by atoms with Crippen LogP contribution in [-0.2, 0) is 0 Å². The standard InChI is InChI=1S/C23H27NO3/c1-2-26-19-11-3-9-17-21(19)22-18(23(17)25)10-4-12-20(22)27-14-6-8-16-7-5-13-24-15-16/h3-4,9-12,16,24H,2,5-8,13-15H2,1H3. The molecule has 1 atom stereocenters. The van der Waals surface area contributed by atoms with Crippen molar-refractivity contribution in [3.63, 3.8) is 0 Å². The molecule has 2 aliphatic rings. The maximum atomic E-state index is 12.8. The molecular formula is C23H27NO3. The van der Waals surface area contributed by atoms with Crippen LogP contribution < -0.4 is 14.8 Å². The molecule has 4 nitrogen and oxygen atoms in total. The Morgan fingerprint density at radius 3 is 2.37 bits per heavy atom. The fourth-order valence-corrected chi connectivity index (χ4v) is 4.22. The number of piperidine rings is 1. The summed E-state index contributed by atoms with van der Waals surface area (Å²) in [6.45, 7) is 5.48. The zero-order valence-electron chi connectivity index (χ0n) is 15.9. The molecule has 27 heavy (non-hydrogen) atoms. The molecule has 0 saturated carbocycles. The first kappa shape index (κ1) is 18.1. The van der Waals surface area contributed by atoms with E-state index in [9.17, 15) is 4.79 Å². The van der Waals surface area contributed by atoms with Gasteiger partial charge in [0, 0.05) is 22.3 Å². The molecule has 2 aromatic carbocycles. The third-order valence-corrected chi connectivity index (χ3v) is 5.50. The van der Waals surface area contributed by atoms with E-state index in [1.54, 1.807) is 0 Å². The fourth-order valence-electron chi connectivity index (χ4n) is 4.22. The number of benzene rings is 2. The normalized spacial score (nSPS) is 18.1. The molecule has 0 bridgehead atoms. The molecule has 1 saturated heterocycles. The second-order valence-electron chi connectivity index (χ2n) is 7.32. The van der Waals surface area contributed by atoms with Gasteiger partial charge in [0.2, 0.25) is 0 Å². The van der Waals surface area contributed by atoms with Gasteiger partial charge in [0.1, 0.15) is 11.5 Å². The van der Waals surface area contributed by atoms with E-state index in [1.807, 2.05) is 43.3 Å². The van der Waals surface area contributed by atoms with Gasteiger partial charge in [0.25, 0.3) is 0 Å². The minimum absolute atomic E-state index is 0.0558. The van der Waals surface area contributed by atoms with E-state index in [0.29, 0.717) is 24.3 Å². The molecule has 0 amide bonds. The van der Waals surface area contributed by atoms with Gasteiger partial charge in [0.15, 0.2) is 5.78 Å². The second kappa shape index (κ2) is 8.13. The van der Waals surface area contributed by atoms with E-state index >= 15 is 0 Å². The highest BCUT2D eigenvalue weighted by Crippen LogP contribution is 2.47. The van der Waals surface area contributed by atoms with Gasteiger partial charge in [-0.25, -0.2) is 0 Å². The van der Waals surface area contributed by atoms with Gasteiger partial charge >= 0.3 is 0 Å². The molecule has 1 N–H and O–H groups in total. The van der Waals surface area contributed by atoms with Crippen molar-refractivity contribution in [2.24, 2.45) is 5.92 Å². The van der Waals surface area contributed by atoms with Crippen molar-refractivity contribution in [3.05, 3.63) is 47.5 Å². The zero-order valence-corrected chi connectivity index (χ0v) is 15.9. The summed E-state index contributed by atoms with van der Waals surface area (Å²) in [6.07, 6.45) is 4.80. The molecule has 1 aliphatic heterocycles. The van der Waals surface area contributed by atoms with Crippen molar-refractivity contribution in [1.29, 1.82) is 0 Å². The highest BCUT2D eigenvalue weighted by Gasteiger charge is 2.32.